The molecule has 1 N–H and O–H groups in total. The van der Waals surface area contributed by atoms with Crippen molar-refractivity contribution in [3.8, 4) is 11.9 Å². The number of carbonyl (C=O) groups is 1. The van der Waals surface area contributed by atoms with Crippen molar-refractivity contribution in [1.82, 2.24) is 4.57 Å². The molecule has 0 unspecified atom stereocenters. The van der Waals surface area contributed by atoms with Crippen LogP contribution in [0.5, 0.6) is 5.88 Å². The van der Waals surface area contributed by atoms with E-state index in [-0.39, 0.29) is 39.6 Å². The van der Waals surface area contributed by atoms with Crippen LogP contribution >= 0.6 is 11.6 Å². The minimum atomic E-state index is -0.632. The third kappa shape index (κ3) is 3.43. The maximum atomic E-state index is 12.5. The molecule has 0 radical (unpaired) electrons. The Hall–Kier alpha value is -3.18. The van der Waals surface area contributed by atoms with Gasteiger partial charge in [-0.15, -0.1) is 5.11 Å². The number of hydrogen-bond donors (Lipinski definition) is 1. The Morgan fingerprint density at radius 2 is 2.12 bits per heavy atom. The van der Waals surface area contributed by atoms with Crippen LogP contribution in [0.25, 0.3) is 0 Å². The molecule has 0 aliphatic rings. The Balaban J connectivity index is 2.58. The number of esters is 1. The Morgan fingerprint density at radius 1 is 1.42 bits per heavy atom. The minimum Gasteiger partial charge on any atom is -0.493 e. The van der Waals surface area contributed by atoms with Crippen molar-refractivity contribution >= 4 is 28.9 Å². The number of rotatable bonds is 4. The maximum absolute atomic E-state index is 12.5. The normalized spacial score (nSPS) is 10.7. The predicted molar refractivity (Wildman–Crippen MR) is 94.5 cm³/mol. The highest BCUT2D eigenvalue weighted by molar-refractivity contribution is 6.33. The molecule has 0 spiro atoms. The highest BCUT2D eigenvalue weighted by Crippen LogP contribution is 2.28. The van der Waals surface area contributed by atoms with E-state index in [1.165, 1.54) is 32.2 Å². The molecule has 0 amide bonds. The van der Waals surface area contributed by atoms with Crippen LogP contribution in [0, 0.1) is 18.3 Å². The molecule has 2 aromatic rings. The van der Waals surface area contributed by atoms with E-state index in [4.69, 9.17) is 11.6 Å². The van der Waals surface area contributed by atoms with E-state index in [0.29, 0.717) is 0 Å². The summed E-state index contributed by atoms with van der Waals surface area (Å²) in [5, 5.41) is 27.3. The molecule has 8 nitrogen and oxygen atoms in total. The molecule has 0 saturated heterocycles. The van der Waals surface area contributed by atoms with Gasteiger partial charge < -0.3 is 9.84 Å². The Bertz CT molecular complexity index is 1010. The molecule has 9 heteroatoms. The van der Waals surface area contributed by atoms with E-state index >= 15 is 0 Å². The molecule has 0 fully saturated rings. The largest absolute Gasteiger partial charge is 0.493 e. The molecular formula is C17H15ClN4O4. The minimum absolute atomic E-state index is 0.0493. The first-order valence-electron chi connectivity index (χ1n) is 7.51. The van der Waals surface area contributed by atoms with Crippen LogP contribution in [0.4, 0.5) is 11.4 Å². The summed E-state index contributed by atoms with van der Waals surface area (Å²) in [6.45, 7) is 3.31. The summed E-state index contributed by atoms with van der Waals surface area (Å²) in [5.74, 6) is -1.04. The Kier molecular flexibility index (Phi) is 5.75. The molecule has 1 aromatic carbocycles. The van der Waals surface area contributed by atoms with E-state index in [9.17, 15) is 20.0 Å². The number of benzene rings is 1. The van der Waals surface area contributed by atoms with Crippen molar-refractivity contribution in [1.29, 1.82) is 5.26 Å². The number of aromatic nitrogens is 1. The molecule has 2 rings (SSSR count). The number of methoxy groups -OCH3 is 1. The van der Waals surface area contributed by atoms with E-state index in [2.05, 4.69) is 15.0 Å². The van der Waals surface area contributed by atoms with E-state index in [1.54, 1.807) is 6.92 Å². The zero-order valence-corrected chi connectivity index (χ0v) is 15.0. The van der Waals surface area contributed by atoms with Gasteiger partial charge in [-0.2, -0.15) is 10.4 Å². The number of nitrogens with zero attached hydrogens (tertiary/aromatic N) is 4. The predicted octanol–water partition coefficient (Wildman–Crippen LogP) is 3.61. The van der Waals surface area contributed by atoms with Gasteiger partial charge in [0.1, 0.15) is 11.6 Å². The van der Waals surface area contributed by atoms with Crippen LogP contribution in [0.2, 0.25) is 5.02 Å². The van der Waals surface area contributed by atoms with Crippen molar-refractivity contribution in [3.63, 3.8) is 0 Å². The second-order valence-electron chi connectivity index (χ2n) is 5.19. The summed E-state index contributed by atoms with van der Waals surface area (Å²) in [6.07, 6.45) is 0. The Morgan fingerprint density at radius 3 is 2.69 bits per heavy atom. The van der Waals surface area contributed by atoms with Crippen LogP contribution in [0.1, 0.15) is 28.4 Å². The Labute approximate surface area is 153 Å². The molecular weight excluding hydrogens is 360 g/mol. The van der Waals surface area contributed by atoms with Gasteiger partial charge in [-0.1, -0.05) is 11.6 Å². The highest BCUT2D eigenvalue weighted by Gasteiger charge is 2.18. The highest BCUT2D eigenvalue weighted by atomic mass is 35.5. The number of aromatic hydroxyl groups is 1. The SMILES string of the molecule is CCn1c(O)c(C#N)c(C)c(N=Nc2ccc(Cl)c(C(=O)OC)c2)c1=O. The lowest BCUT2D eigenvalue weighted by atomic mass is 10.1. The first-order chi connectivity index (χ1) is 12.3. The average Bonchev–Trinajstić information content (AvgIpc) is 2.63. The summed E-state index contributed by atoms with van der Waals surface area (Å²) in [7, 11) is 1.23. The number of halogens is 1. The smallest absolute Gasteiger partial charge is 0.339 e. The summed E-state index contributed by atoms with van der Waals surface area (Å²) >= 11 is 5.94. The molecule has 0 saturated carbocycles. The average molecular weight is 375 g/mol. The third-order valence-electron chi connectivity index (χ3n) is 3.71. The second kappa shape index (κ2) is 7.80. The van der Waals surface area contributed by atoms with Crippen molar-refractivity contribution in [2.24, 2.45) is 10.2 Å². The summed E-state index contributed by atoms with van der Waals surface area (Å²) in [5.41, 5.74) is -0.111. The molecule has 0 atom stereocenters. The van der Waals surface area contributed by atoms with Crippen LogP contribution < -0.4 is 5.56 Å². The lowest BCUT2D eigenvalue weighted by Gasteiger charge is -2.10. The van der Waals surface area contributed by atoms with Gasteiger partial charge in [-0.3, -0.25) is 9.36 Å². The lowest BCUT2D eigenvalue weighted by molar-refractivity contribution is 0.0601. The molecule has 134 valence electrons. The zero-order chi connectivity index (χ0) is 19.4. The molecule has 26 heavy (non-hydrogen) atoms. The first-order valence-corrected chi connectivity index (χ1v) is 7.89. The topological polar surface area (TPSA) is 117 Å². The van der Waals surface area contributed by atoms with Crippen LogP contribution in [-0.4, -0.2) is 22.8 Å². The van der Waals surface area contributed by atoms with Crippen LogP contribution in [-0.2, 0) is 11.3 Å². The quantitative estimate of drug-likeness (QED) is 0.647. The molecule has 0 aliphatic heterocycles. The lowest BCUT2D eigenvalue weighted by Crippen LogP contribution is -2.20. The summed E-state index contributed by atoms with van der Waals surface area (Å²) in [6, 6.07) is 6.19. The number of pyridine rings is 1. The van der Waals surface area contributed by atoms with Gasteiger partial charge in [0, 0.05) is 12.1 Å². The van der Waals surface area contributed by atoms with Crippen molar-refractivity contribution in [2.45, 2.75) is 20.4 Å². The fraction of sp³-hybridized carbons (Fsp3) is 0.235. The second-order valence-corrected chi connectivity index (χ2v) is 5.60. The summed E-state index contributed by atoms with van der Waals surface area (Å²) in [4.78, 5) is 24.1. The van der Waals surface area contributed by atoms with Crippen molar-refractivity contribution < 1.29 is 14.6 Å². The van der Waals surface area contributed by atoms with Crippen LogP contribution in [0.3, 0.4) is 0 Å². The summed E-state index contributed by atoms with van der Waals surface area (Å²) < 4.78 is 5.66. The van der Waals surface area contributed by atoms with Gasteiger partial charge in [0.2, 0.25) is 5.88 Å². The number of hydrogen-bond acceptors (Lipinski definition) is 7. The van der Waals surface area contributed by atoms with Gasteiger partial charge in [0.05, 0.1) is 23.4 Å². The molecule has 1 aromatic heterocycles. The monoisotopic (exact) mass is 374 g/mol. The van der Waals surface area contributed by atoms with E-state index in [0.717, 1.165) is 4.57 Å². The standard InChI is InChI=1S/C17H15ClN4O4/c1-4-22-15(23)12(8-19)9(2)14(16(22)24)21-20-10-5-6-13(18)11(7-10)17(25)26-3/h5-7,23H,4H2,1-3H3. The van der Waals surface area contributed by atoms with E-state index in [1.807, 2.05) is 6.07 Å². The van der Waals surface area contributed by atoms with Gasteiger partial charge >= 0.3 is 5.97 Å². The maximum Gasteiger partial charge on any atom is 0.339 e. The molecule has 0 bridgehead atoms. The number of nitriles is 1. The molecule has 0 aliphatic carbocycles. The zero-order valence-electron chi connectivity index (χ0n) is 14.3. The third-order valence-corrected chi connectivity index (χ3v) is 4.04. The number of carbonyl (C=O) groups excluding carboxylic acids is 1. The fourth-order valence-corrected chi connectivity index (χ4v) is 2.49. The van der Waals surface area contributed by atoms with E-state index < -0.39 is 17.4 Å². The first kappa shape index (κ1) is 19.1. The van der Waals surface area contributed by atoms with Gasteiger partial charge in [0.25, 0.3) is 5.56 Å². The molecule has 1 heterocycles. The van der Waals surface area contributed by atoms with Gasteiger partial charge in [-0.25, -0.2) is 4.79 Å². The number of azo groups is 1. The fourth-order valence-electron chi connectivity index (χ4n) is 2.30. The van der Waals surface area contributed by atoms with Crippen molar-refractivity contribution in [3.05, 3.63) is 50.3 Å². The van der Waals surface area contributed by atoms with Crippen LogP contribution in [0.15, 0.2) is 33.2 Å². The van der Waals surface area contributed by atoms with Gasteiger partial charge in [0.15, 0.2) is 5.69 Å². The van der Waals surface area contributed by atoms with Gasteiger partial charge in [-0.05, 0) is 32.0 Å². The number of ether oxygens (including phenoxy) is 1. The van der Waals surface area contributed by atoms with Crippen molar-refractivity contribution in [2.75, 3.05) is 7.11 Å².